The van der Waals surface area contributed by atoms with E-state index in [0.29, 0.717) is 17.7 Å². The Hall–Kier alpha value is -0.960. The zero-order valence-corrected chi connectivity index (χ0v) is 13.1. The first-order chi connectivity index (χ1) is 9.88. The first kappa shape index (κ1) is 16.4. The van der Waals surface area contributed by atoms with Crippen LogP contribution < -0.4 is 4.72 Å². The van der Waals surface area contributed by atoms with Gasteiger partial charge in [0.25, 0.3) is 0 Å². The van der Waals surface area contributed by atoms with Gasteiger partial charge in [-0.15, -0.1) is 11.3 Å². The third-order valence-electron chi connectivity index (χ3n) is 3.51. The highest BCUT2D eigenvalue weighted by molar-refractivity contribution is 7.91. The second-order valence-electron chi connectivity index (χ2n) is 5.22. The highest BCUT2D eigenvalue weighted by atomic mass is 32.2. The average molecular weight is 333 g/mol. The molecular weight excluding hydrogens is 314 g/mol. The van der Waals surface area contributed by atoms with E-state index in [0.717, 1.165) is 30.6 Å². The minimum absolute atomic E-state index is 0.0928. The molecule has 0 aromatic carbocycles. The molecule has 21 heavy (non-hydrogen) atoms. The van der Waals surface area contributed by atoms with Crippen molar-refractivity contribution in [2.75, 3.05) is 0 Å². The maximum atomic E-state index is 12.3. The fourth-order valence-electron chi connectivity index (χ4n) is 2.43. The van der Waals surface area contributed by atoms with Crippen LogP contribution in [0.3, 0.4) is 0 Å². The van der Waals surface area contributed by atoms with Crippen LogP contribution in [0.25, 0.3) is 0 Å². The summed E-state index contributed by atoms with van der Waals surface area (Å²) in [6.45, 7) is 0. The Kier molecular flexibility index (Phi) is 5.37. The molecule has 1 aliphatic carbocycles. The van der Waals surface area contributed by atoms with Gasteiger partial charge in [0.15, 0.2) is 0 Å². The molecule has 2 rings (SSSR count). The predicted molar refractivity (Wildman–Crippen MR) is 78.9 cm³/mol. The van der Waals surface area contributed by atoms with Crippen molar-refractivity contribution in [3.63, 3.8) is 0 Å². The number of carboxylic acids is 1. The molecule has 6 nitrogen and oxygen atoms in total. The highest BCUT2D eigenvalue weighted by Gasteiger charge is 2.28. The number of nitrogens with one attached hydrogen (secondary N) is 1. The van der Waals surface area contributed by atoms with Crippen molar-refractivity contribution in [3.8, 4) is 0 Å². The number of sulfonamides is 1. The van der Waals surface area contributed by atoms with Crippen LogP contribution in [0, 0.1) is 0 Å². The molecule has 0 saturated heterocycles. The Bertz CT molecular complexity index is 595. The van der Waals surface area contributed by atoms with Crippen molar-refractivity contribution < 1.29 is 23.4 Å². The van der Waals surface area contributed by atoms with E-state index in [2.05, 4.69) is 4.72 Å². The number of aliphatic hydroxyl groups excluding tert-OH is 1. The number of hydrogen-bond acceptors (Lipinski definition) is 5. The van der Waals surface area contributed by atoms with E-state index in [1.807, 2.05) is 0 Å². The predicted octanol–water partition coefficient (Wildman–Crippen LogP) is 1.35. The normalized spacial score (nSPS) is 23.7. The van der Waals surface area contributed by atoms with Crippen LogP contribution in [0.4, 0.5) is 0 Å². The Labute approximate surface area is 127 Å². The molecule has 1 aromatic rings. The summed E-state index contributed by atoms with van der Waals surface area (Å²) >= 11 is 0.950. The zero-order valence-electron chi connectivity index (χ0n) is 11.5. The van der Waals surface area contributed by atoms with E-state index in [-0.39, 0.29) is 10.6 Å². The molecule has 1 aromatic heterocycles. The molecule has 1 heterocycles. The van der Waals surface area contributed by atoms with Crippen LogP contribution in [-0.2, 0) is 21.2 Å². The molecule has 0 aliphatic heterocycles. The standard InChI is InChI=1S/C13H19NO5S2/c15-11-5-3-1-2-4-10(11)14-21(18,19)13-7-6-9(20-13)8-12(16)17/h6-7,10-11,14-15H,1-5,8H2,(H,16,17). The van der Waals surface area contributed by atoms with Gasteiger partial charge in [-0.1, -0.05) is 19.3 Å². The van der Waals surface area contributed by atoms with E-state index in [4.69, 9.17) is 5.11 Å². The minimum Gasteiger partial charge on any atom is -0.481 e. The van der Waals surface area contributed by atoms with Crippen molar-refractivity contribution in [1.82, 2.24) is 4.72 Å². The van der Waals surface area contributed by atoms with Gasteiger partial charge >= 0.3 is 5.97 Å². The SMILES string of the molecule is O=C(O)Cc1ccc(S(=O)(=O)NC2CCCCCC2O)s1. The van der Waals surface area contributed by atoms with Gasteiger partial charge in [-0.05, 0) is 25.0 Å². The summed E-state index contributed by atoms with van der Waals surface area (Å²) in [5.41, 5.74) is 0. The van der Waals surface area contributed by atoms with Gasteiger partial charge in [0.05, 0.1) is 12.5 Å². The Morgan fingerprint density at radius 2 is 2.00 bits per heavy atom. The maximum Gasteiger partial charge on any atom is 0.308 e. The molecule has 0 amide bonds. The van der Waals surface area contributed by atoms with E-state index in [1.54, 1.807) is 0 Å². The van der Waals surface area contributed by atoms with E-state index < -0.39 is 28.1 Å². The lowest BCUT2D eigenvalue weighted by Gasteiger charge is -2.21. The molecule has 0 bridgehead atoms. The lowest BCUT2D eigenvalue weighted by atomic mass is 10.1. The lowest BCUT2D eigenvalue weighted by Crippen LogP contribution is -2.42. The fraction of sp³-hybridized carbons (Fsp3) is 0.615. The molecule has 2 atom stereocenters. The average Bonchev–Trinajstić information content (AvgIpc) is 2.76. The molecule has 1 saturated carbocycles. The first-order valence-corrected chi connectivity index (χ1v) is 9.19. The Morgan fingerprint density at radius 3 is 2.71 bits per heavy atom. The second-order valence-corrected chi connectivity index (χ2v) is 8.33. The van der Waals surface area contributed by atoms with E-state index >= 15 is 0 Å². The summed E-state index contributed by atoms with van der Waals surface area (Å²) < 4.78 is 27.2. The fourth-order valence-corrected chi connectivity index (χ4v) is 5.10. The van der Waals surface area contributed by atoms with Gasteiger partial charge in [-0.25, -0.2) is 13.1 Å². The largest absolute Gasteiger partial charge is 0.481 e. The van der Waals surface area contributed by atoms with Gasteiger partial charge in [0.1, 0.15) is 4.21 Å². The van der Waals surface area contributed by atoms with Gasteiger partial charge in [0.2, 0.25) is 10.0 Å². The van der Waals surface area contributed by atoms with Crippen LogP contribution in [0.15, 0.2) is 16.3 Å². The second kappa shape index (κ2) is 6.87. The number of thiophene rings is 1. The van der Waals surface area contributed by atoms with Gasteiger partial charge < -0.3 is 10.2 Å². The Morgan fingerprint density at radius 1 is 1.29 bits per heavy atom. The molecular formula is C13H19NO5S2. The van der Waals surface area contributed by atoms with Gasteiger partial charge in [-0.3, -0.25) is 4.79 Å². The van der Waals surface area contributed by atoms with Gasteiger partial charge in [0, 0.05) is 10.9 Å². The summed E-state index contributed by atoms with van der Waals surface area (Å²) in [6.07, 6.45) is 3.15. The molecule has 8 heteroatoms. The number of carboxylic acid groups (broad SMARTS) is 1. The molecule has 2 unspecified atom stereocenters. The van der Waals surface area contributed by atoms with Crippen LogP contribution in [0.5, 0.6) is 0 Å². The van der Waals surface area contributed by atoms with Gasteiger partial charge in [-0.2, -0.15) is 0 Å². The van der Waals surface area contributed by atoms with Crippen molar-refractivity contribution in [1.29, 1.82) is 0 Å². The van der Waals surface area contributed by atoms with Crippen LogP contribution in [0.1, 0.15) is 37.0 Å². The van der Waals surface area contributed by atoms with Crippen molar-refractivity contribution in [3.05, 3.63) is 17.0 Å². The summed E-state index contributed by atoms with van der Waals surface area (Å²) in [6, 6.07) is 2.45. The first-order valence-electron chi connectivity index (χ1n) is 6.89. The number of rotatable bonds is 5. The molecule has 0 radical (unpaired) electrons. The van der Waals surface area contributed by atoms with Crippen LogP contribution in [-0.4, -0.2) is 36.7 Å². The number of aliphatic carboxylic acids is 1. The van der Waals surface area contributed by atoms with Crippen molar-refractivity contribution in [2.24, 2.45) is 0 Å². The number of aliphatic hydroxyl groups is 1. The smallest absolute Gasteiger partial charge is 0.308 e. The van der Waals surface area contributed by atoms with Crippen LogP contribution >= 0.6 is 11.3 Å². The summed E-state index contributed by atoms with van der Waals surface area (Å²) in [5.74, 6) is -0.993. The van der Waals surface area contributed by atoms with E-state index in [9.17, 15) is 18.3 Å². The molecule has 3 N–H and O–H groups in total. The lowest BCUT2D eigenvalue weighted by molar-refractivity contribution is -0.136. The quantitative estimate of drug-likeness (QED) is 0.706. The molecule has 1 fully saturated rings. The van der Waals surface area contributed by atoms with E-state index in [1.165, 1.54) is 12.1 Å². The summed E-state index contributed by atoms with van der Waals surface area (Å²) in [5, 5.41) is 18.7. The number of hydrogen-bond donors (Lipinski definition) is 3. The summed E-state index contributed by atoms with van der Waals surface area (Å²) in [4.78, 5) is 11.1. The van der Waals surface area contributed by atoms with Crippen molar-refractivity contribution >= 4 is 27.3 Å². The zero-order chi connectivity index (χ0) is 15.5. The molecule has 118 valence electrons. The maximum absolute atomic E-state index is 12.3. The highest BCUT2D eigenvalue weighted by Crippen LogP contribution is 2.24. The summed E-state index contributed by atoms with van der Waals surface area (Å²) in [7, 11) is -3.71. The molecule has 0 spiro atoms. The van der Waals surface area contributed by atoms with Crippen molar-refractivity contribution in [2.45, 2.75) is 54.9 Å². The third kappa shape index (κ3) is 4.50. The minimum atomic E-state index is -3.71. The monoisotopic (exact) mass is 333 g/mol. The van der Waals surface area contributed by atoms with Crippen LogP contribution in [0.2, 0.25) is 0 Å². The Balaban J connectivity index is 2.10. The number of carbonyl (C=O) groups is 1. The third-order valence-corrected chi connectivity index (χ3v) is 6.58. The molecule has 1 aliphatic rings. The topological polar surface area (TPSA) is 104 Å².